The summed E-state index contributed by atoms with van der Waals surface area (Å²) in [5, 5.41) is 0. The molecule has 0 fully saturated rings. The van der Waals surface area contributed by atoms with Gasteiger partial charge in [0, 0.05) is 11.8 Å². The number of ether oxygens (including phenoxy) is 1. The van der Waals surface area contributed by atoms with E-state index in [9.17, 15) is 8.42 Å². The number of benzene rings is 1. The highest BCUT2D eigenvalue weighted by molar-refractivity contribution is 7.91. The molecule has 0 aliphatic carbocycles. The van der Waals surface area contributed by atoms with Crippen molar-refractivity contribution in [2.75, 3.05) is 18.6 Å². The second kappa shape index (κ2) is 8.24. The molecule has 5 nitrogen and oxygen atoms in total. The van der Waals surface area contributed by atoms with Crippen molar-refractivity contribution < 1.29 is 13.2 Å². The molecular weight excluding hydrogens is 276 g/mol. The molecule has 1 rings (SSSR count). The van der Waals surface area contributed by atoms with Gasteiger partial charge in [-0.1, -0.05) is 19.1 Å². The molecule has 0 saturated carbocycles. The fourth-order valence-corrected chi connectivity index (χ4v) is 2.92. The Bertz CT molecular complexity index is 503. The van der Waals surface area contributed by atoms with E-state index >= 15 is 0 Å². The molecule has 1 aromatic carbocycles. The molecule has 0 radical (unpaired) electrons. The van der Waals surface area contributed by atoms with Crippen LogP contribution in [0.3, 0.4) is 0 Å². The first-order valence-electron chi connectivity index (χ1n) is 6.80. The van der Waals surface area contributed by atoms with Crippen molar-refractivity contribution in [3.05, 3.63) is 29.8 Å². The van der Waals surface area contributed by atoms with Gasteiger partial charge >= 0.3 is 0 Å². The number of sulfone groups is 1. The fourth-order valence-electron chi connectivity index (χ4n) is 2.02. The quantitative estimate of drug-likeness (QED) is 0.530. The Morgan fingerprint density at radius 3 is 2.75 bits per heavy atom. The topological polar surface area (TPSA) is 81.4 Å². The van der Waals surface area contributed by atoms with Crippen LogP contribution in [0, 0.1) is 0 Å². The Morgan fingerprint density at radius 1 is 1.40 bits per heavy atom. The maximum atomic E-state index is 11.4. The largest absolute Gasteiger partial charge is 0.497 e. The maximum absolute atomic E-state index is 11.4. The Labute approximate surface area is 121 Å². The predicted molar refractivity (Wildman–Crippen MR) is 81.4 cm³/mol. The molecule has 0 spiro atoms. The minimum Gasteiger partial charge on any atom is -0.497 e. The molecule has 0 aromatic heterocycles. The van der Waals surface area contributed by atoms with E-state index < -0.39 is 9.84 Å². The third-order valence-electron chi connectivity index (χ3n) is 3.30. The lowest BCUT2D eigenvalue weighted by molar-refractivity contribution is 0.413. The lowest BCUT2D eigenvalue weighted by Gasteiger charge is -2.16. The van der Waals surface area contributed by atoms with Gasteiger partial charge in [-0.3, -0.25) is 11.3 Å². The summed E-state index contributed by atoms with van der Waals surface area (Å²) in [6.07, 6.45) is 2.10. The van der Waals surface area contributed by atoms with Gasteiger partial charge in [0.2, 0.25) is 0 Å². The molecule has 0 amide bonds. The van der Waals surface area contributed by atoms with Crippen LogP contribution in [0.25, 0.3) is 0 Å². The molecule has 1 unspecified atom stereocenters. The van der Waals surface area contributed by atoms with Crippen LogP contribution in [0.1, 0.15) is 25.3 Å². The second-order valence-corrected chi connectivity index (χ2v) is 7.27. The van der Waals surface area contributed by atoms with E-state index in [4.69, 9.17) is 10.6 Å². The summed E-state index contributed by atoms with van der Waals surface area (Å²) >= 11 is 0. The van der Waals surface area contributed by atoms with Gasteiger partial charge in [-0.25, -0.2) is 8.42 Å². The summed E-state index contributed by atoms with van der Waals surface area (Å²) in [7, 11) is -1.26. The third kappa shape index (κ3) is 5.90. The van der Waals surface area contributed by atoms with Crippen molar-refractivity contribution in [2.45, 2.75) is 32.2 Å². The van der Waals surface area contributed by atoms with E-state index in [0.717, 1.165) is 24.2 Å². The van der Waals surface area contributed by atoms with E-state index in [2.05, 4.69) is 5.43 Å². The molecule has 114 valence electrons. The van der Waals surface area contributed by atoms with Crippen LogP contribution in [0.5, 0.6) is 5.75 Å². The van der Waals surface area contributed by atoms with Crippen LogP contribution in [0.4, 0.5) is 0 Å². The summed E-state index contributed by atoms with van der Waals surface area (Å²) in [5.41, 5.74) is 3.87. The van der Waals surface area contributed by atoms with Gasteiger partial charge in [-0.2, -0.15) is 0 Å². The lowest BCUT2D eigenvalue weighted by atomic mass is 10.0. The van der Waals surface area contributed by atoms with Crippen LogP contribution < -0.4 is 16.0 Å². The number of hydrogen-bond acceptors (Lipinski definition) is 5. The fraction of sp³-hybridized carbons (Fsp3) is 0.571. The maximum Gasteiger partial charge on any atom is 0.150 e. The zero-order chi connectivity index (χ0) is 15.0. The summed E-state index contributed by atoms with van der Waals surface area (Å²) in [6, 6.07) is 7.86. The zero-order valence-electron chi connectivity index (χ0n) is 12.1. The predicted octanol–water partition coefficient (Wildman–Crippen LogP) is 1.28. The Morgan fingerprint density at radius 2 is 2.15 bits per heavy atom. The van der Waals surface area contributed by atoms with Crippen LogP contribution in [-0.2, 0) is 16.3 Å². The SMILES string of the molecule is CCS(=O)(=O)CCCC(Cc1cccc(OC)c1)NN. The molecule has 0 aliphatic rings. The lowest BCUT2D eigenvalue weighted by Crippen LogP contribution is -2.37. The normalized spacial score (nSPS) is 13.2. The van der Waals surface area contributed by atoms with Crippen molar-refractivity contribution in [1.29, 1.82) is 0 Å². The highest BCUT2D eigenvalue weighted by Gasteiger charge is 2.12. The average molecular weight is 300 g/mol. The van der Waals surface area contributed by atoms with Gasteiger partial charge in [0.05, 0.1) is 12.9 Å². The minimum atomic E-state index is -2.90. The molecule has 0 aliphatic heterocycles. The number of methoxy groups -OCH3 is 1. The number of nitrogens with one attached hydrogen (secondary N) is 1. The first-order chi connectivity index (χ1) is 9.50. The highest BCUT2D eigenvalue weighted by atomic mass is 32.2. The molecule has 1 aromatic rings. The van der Waals surface area contributed by atoms with Gasteiger partial charge in [0.15, 0.2) is 0 Å². The minimum absolute atomic E-state index is 0.0640. The highest BCUT2D eigenvalue weighted by Crippen LogP contribution is 2.15. The standard InChI is InChI=1S/C14H24N2O3S/c1-3-20(17,18)9-5-7-13(16-15)10-12-6-4-8-14(11-12)19-2/h4,6,8,11,13,16H,3,5,7,9-10,15H2,1-2H3. The van der Waals surface area contributed by atoms with Gasteiger partial charge < -0.3 is 4.74 Å². The van der Waals surface area contributed by atoms with Gasteiger partial charge in [0.1, 0.15) is 15.6 Å². The smallest absolute Gasteiger partial charge is 0.150 e. The molecular formula is C14H24N2O3S. The van der Waals surface area contributed by atoms with E-state index in [0.29, 0.717) is 6.42 Å². The molecule has 20 heavy (non-hydrogen) atoms. The number of hydrogen-bond donors (Lipinski definition) is 2. The number of rotatable bonds is 9. The van der Waals surface area contributed by atoms with Crippen molar-refractivity contribution in [3.8, 4) is 5.75 Å². The van der Waals surface area contributed by atoms with Crippen molar-refractivity contribution in [1.82, 2.24) is 5.43 Å². The van der Waals surface area contributed by atoms with Crippen LogP contribution in [0.15, 0.2) is 24.3 Å². The third-order valence-corrected chi connectivity index (χ3v) is 5.09. The molecule has 0 bridgehead atoms. The zero-order valence-corrected chi connectivity index (χ0v) is 12.9. The van der Waals surface area contributed by atoms with Gasteiger partial charge in [-0.15, -0.1) is 0 Å². The number of hydrazine groups is 1. The summed E-state index contributed by atoms with van der Waals surface area (Å²) in [6.45, 7) is 1.67. The summed E-state index contributed by atoms with van der Waals surface area (Å²) in [4.78, 5) is 0. The summed E-state index contributed by atoms with van der Waals surface area (Å²) in [5.74, 6) is 6.77. The molecule has 6 heteroatoms. The van der Waals surface area contributed by atoms with E-state index in [1.165, 1.54) is 0 Å². The first kappa shape index (κ1) is 16.9. The molecule has 1 atom stereocenters. The molecule has 3 N–H and O–H groups in total. The summed E-state index contributed by atoms with van der Waals surface area (Å²) < 4.78 is 28.1. The van der Waals surface area contributed by atoms with Crippen LogP contribution in [0.2, 0.25) is 0 Å². The van der Waals surface area contributed by atoms with Crippen LogP contribution >= 0.6 is 0 Å². The Kier molecular flexibility index (Phi) is 6.98. The van der Waals surface area contributed by atoms with E-state index in [1.54, 1.807) is 14.0 Å². The molecule has 0 heterocycles. The van der Waals surface area contributed by atoms with Crippen molar-refractivity contribution in [2.24, 2.45) is 5.84 Å². The van der Waals surface area contributed by atoms with E-state index in [-0.39, 0.29) is 17.5 Å². The second-order valence-electron chi connectivity index (χ2n) is 4.80. The van der Waals surface area contributed by atoms with Gasteiger partial charge in [-0.05, 0) is 37.0 Å². The van der Waals surface area contributed by atoms with Crippen molar-refractivity contribution in [3.63, 3.8) is 0 Å². The first-order valence-corrected chi connectivity index (χ1v) is 8.62. The van der Waals surface area contributed by atoms with Crippen LogP contribution in [-0.4, -0.2) is 33.1 Å². The Balaban J connectivity index is 2.50. The monoisotopic (exact) mass is 300 g/mol. The number of nitrogens with two attached hydrogens (primary N) is 1. The Hall–Kier alpha value is -1.11. The van der Waals surface area contributed by atoms with E-state index in [1.807, 2.05) is 24.3 Å². The van der Waals surface area contributed by atoms with Crippen molar-refractivity contribution >= 4 is 9.84 Å². The van der Waals surface area contributed by atoms with Gasteiger partial charge in [0.25, 0.3) is 0 Å². The molecule has 0 saturated heterocycles. The average Bonchev–Trinajstić information content (AvgIpc) is 2.46.